The summed E-state index contributed by atoms with van der Waals surface area (Å²) in [5, 5.41) is 5.18. The van der Waals surface area contributed by atoms with Crippen LogP contribution in [0.5, 0.6) is 0 Å². The number of hydrogen-bond acceptors (Lipinski definition) is 3. The van der Waals surface area contributed by atoms with Crippen molar-refractivity contribution in [2.75, 3.05) is 23.7 Å². The number of piperidine rings is 1. The van der Waals surface area contributed by atoms with Gasteiger partial charge < -0.3 is 15.5 Å². The van der Waals surface area contributed by atoms with Gasteiger partial charge in [-0.05, 0) is 36.6 Å². The molecule has 28 heavy (non-hydrogen) atoms. The highest BCUT2D eigenvalue weighted by molar-refractivity contribution is 5.96. The summed E-state index contributed by atoms with van der Waals surface area (Å²) in [7, 11) is 0. The Hall–Kier alpha value is -3.22. The second-order valence-electron chi connectivity index (χ2n) is 6.73. The molecule has 1 fully saturated rings. The lowest BCUT2D eigenvalue weighted by molar-refractivity contribution is -0.136. The molecule has 1 saturated heterocycles. The molecule has 0 saturated carbocycles. The van der Waals surface area contributed by atoms with Crippen molar-refractivity contribution in [3.05, 3.63) is 59.9 Å². The van der Waals surface area contributed by atoms with Gasteiger partial charge in [0.25, 0.3) is 0 Å². The van der Waals surface area contributed by atoms with E-state index in [0.29, 0.717) is 18.7 Å². The maximum atomic E-state index is 14.0. The number of anilines is 2. The summed E-state index contributed by atoms with van der Waals surface area (Å²) < 4.78 is 14.0. The van der Waals surface area contributed by atoms with E-state index in [0.717, 1.165) is 18.4 Å². The van der Waals surface area contributed by atoms with E-state index in [1.165, 1.54) is 23.1 Å². The topological polar surface area (TPSA) is 78.5 Å². The number of hydrogen-bond donors (Lipinski definition) is 2. The van der Waals surface area contributed by atoms with Crippen LogP contribution in [0.2, 0.25) is 0 Å². The predicted molar refractivity (Wildman–Crippen MR) is 104 cm³/mol. The Morgan fingerprint density at radius 3 is 2.54 bits per heavy atom. The maximum Gasteiger partial charge on any atom is 0.243 e. The molecule has 0 aliphatic carbocycles. The first-order valence-corrected chi connectivity index (χ1v) is 9.22. The maximum absolute atomic E-state index is 14.0. The van der Waals surface area contributed by atoms with Crippen LogP contribution in [0.4, 0.5) is 15.8 Å². The largest absolute Gasteiger partial charge is 0.333 e. The van der Waals surface area contributed by atoms with Gasteiger partial charge in [-0.3, -0.25) is 14.4 Å². The number of halogens is 1. The summed E-state index contributed by atoms with van der Waals surface area (Å²) in [5.74, 6) is -1.34. The van der Waals surface area contributed by atoms with Crippen molar-refractivity contribution in [2.45, 2.75) is 25.7 Å². The van der Waals surface area contributed by atoms with Gasteiger partial charge in [-0.15, -0.1) is 0 Å². The van der Waals surface area contributed by atoms with Crippen molar-refractivity contribution in [1.29, 1.82) is 0 Å². The van der Waals surface area contributed by atoms with Gasteiger partial charge >= 0.3 is 0 Å². The molecule has 7 heteroatoms. The first-order chi connectivity index (χ1) is 13.5. The fraction of sp³-hybridized carbons (Fsp3) is 0.286. The molecule has 0 unspecified atom stereocenters. The molecule has 1 heterocycles. The van der Waals surface area contributed by atoms with E-state index >= 15 is 0 Å². The summed E-state index contributed by atoms with van der Waals surface area (Å²) in [4.78, 5) is 37.7. The number of rotatable bonds is 6. The van der Waals surface area contributed by atoms with Crippen molar-refractivity contribution in [3.63, 3.8) is 0 Å². The third-order valence-corrected chi connectivity index (χ3v) is 4.49. The summed E-state index contributed by atoms with van der Waals surface area (Å²) in [6.45, 7) is 0.530. The highest BCUT2D eigenvalue weighted by Crippen LogP contribution is 2.20. The lowest BCUT2D eigenvalue weighted by Crippen LogP contribution is -2.40. The van der Waals surface area contributed by atoms with E-state index < -0.39 is 5.82 Å². The first-order valence-electron chi connectivity index (χ1n) is 9.22. The van der Waals surface area contributed by atoms with Gasteiger partial charge in [0.2, 0.25) is 17.7 Å². The Balaban J connectivity index is 1.60. The Kier molecular flexibility index (Phi) is 6.37. The molecule has 146 valence electrons. The average Bonchev–Trinajstić information content (AvgIpc) is 2.67. The van der Waals surface area contributed by atoms with Gasteiger partial charge in [0, 0.05) is 18.7 Å². The summed E-state index contributed by atoms with van der Waals surface area (Å²) in [5.41, 5.74) is 1.16. The van der Waals surface area contributed by atoms with Gasteiger partial charge in [0.05, 0.1) is 18.7 Å². The quantitative estimate of drug-likeness (QED) is 0.805. The highest BCUT2D eigenvalue weighted by atomic mass is 19.1. The van der Waals surface area contributed by atoms with Crippen molar-refractivity contribution in [2.24, 2.45) is 0 Å². The number of benzene rings is 2. The first kappa shape index (κ1) is 19.5. The van der Waals surface area contributed by atoms with Crippen LogP contribution in [0.15, 0.2) is 48.5 Å². The minimum absolute atomic E-state index is 0.00669. The fourth-order valence-corrected chi connectivity index (χ4v) is 3.08. The van der Waals surface area contributed by atoms with Crippen LogP contribution in [0, 0.1) is 5.82 Å². The Bertz CT molecular complexity index is 870. The van der Waals surface area contributed by atoms with Crippen LogP contribution in [0.25, 0.3) is 0 Å². The smallest absolute Gasteiger partial charge is 0.243 e. The summed E-state index contributed by atoms with van der Waals surface area (Å²) >= 11 is 0. The molecule has 0 bridgehead atoms. The zero-order valence-corrected chi connectivity index (χ0v) is 15.4. The zero-order valence-electron chi connectivity index (χ0n) is 15.4. The van der Waals surface area contributed by atoms with Crippen LogP contribution in [0.1, 0.15) is 24.8 Å². The van der Waals surface area contributed by atoms with Crippen molar-refractivity contribution in [3.8, 4) is 0 Å². The molecule has 0 atom stereocenters. The number of amides is 3. The Morgan fingerprint density at radius 2 is 1.79 bits per heavy atom. The fourth-order valence-electron chi connectivity index (χ4n) is 3.08. The highest BCUT2D eigenvalue weighted by Gasteiger charge is 2.20. The molecule has 2 aromatic carbocycles. The second kappa shape index (κ2) is 9.12. The molecule has 0 aromatic heterocycles. The number of carbonyl (C=O) groups is 3. The van der Waals surface area contributed by atoms with E-state index in [1.807, 2.05) is 30.3 Å². The third kappa shape index (κ3) is 5.39. The lowest BCUT2D eigenvalue weighted by atomic mass is 10.1. The Labute approximate surface area is 162 Å². The van der Waals surface area contributed by atoms with E-state index in [2.05, 4.69) is 10.6 Å². The number of likely N-dealkylation sites (tertiary alicyclic amines) is 1. The second-order valence-corrected chi connectivity index (χ2v) is 6.73. The molecule has 0 spiro atoms. The molecule has 3 amide bonds. The predicted octanol–water partition coefficient (Wildman–Crippen LogP) is 2.96. The normalized spacial score (nSPS) is 13.9. The minimum atomic E-state index is -0.592. The van der Waals surface area contributed by atoms with E-state index in [9.17, 15) is 18.8 Å². The number of nitrogens with zero attached hydrogens (tertiary/aromatic N) is 1. The van der Waals surface area contributed by atoms with E-state index in [-0.39, 0.29) is 36.4 Å². The van der Waals surface area contributed by atoms with Crippen molar-refractivity contribution >= 4 is 29.1 Å². The molecular formula is C21H22FN3O3. The van der Waals surface area contributed by atoms with Gasteiger partial charge in [-0.25, -0.2) is 4.39 Å². The van der Waals surface area contributed by atoms with Crippen LogP contribution in [-0.2, 0) is 20.8 Å². The molecule has 2 aromatic rings. The number of nitrogens with one attached hydrogen (secondary N) is 2. The van der Waals surface area contributed by atoms with E-state index in [1.54, 1.807) is 0 Å². The zero-order chi connectivity index (χ0) is 19.9. The lowest BCUT2D eigenvalue weighted by Gasteiger charge is -2.26. The summed E-state index contributed by atoms with van der Waals surface area (Å²) in [6, 6.07) is 13.1. The molecule has 6 nitrogen and oxygen atoms in total. The molecule has 1 aliphatic rings. The molecule has 2 N–H and O–H groups in total. The minimum Gasteiger partial charge on any atom is -0.333 e. The van der Waals surface area contributed by atoms with Crippen LogP contribution >= 0.6 is 0 Å². The monoisotopic (exact) mass is 383 g/mol. The van der Waals surface area contributed by atoms with E-state index in [4.69, 9.17) is 0 Å². The van der Waals surface area contributed by atoms with Crippen LogP contribution in [-0.4, -0.2) is 35.7 Å². The average molecular weight is 383 g/mol. The molecule has 3 rings (SSSR count). The standard InChI is InChI=1S/C21H22FN3O3/c22-17-10-9-16(23-20(27)14-25-11-5-4-8-21(25)28)13-18(17)24-19(26)12-15-6-2-1-3-7-15/h1-3,6-7,9-10,13H,4-5,8,11-12,14H2,(H,23,27)(H,24,26). The van der Waals surface area contributed by atoms with Gasteiger partial charge in [-0.1, -0.05) is 30.3 Å². The molecule has 0 radical (unpaired) electrons. The van der Waals surface area contributed by atoms with Crippen LogP contribution in [0.3, 0.4) is 0 Å². The summed E-state index contributed by atoms with van der Waals surface area (Å²) in [6.07, 6.45) is 2.31. The van der Waals surface area contributed by atoms with Crippen molar-refractivity contribution in [1.82, 2.24) is 4.90 Å². The molecule has 1 aliphatic heterocycles. The third-order valence-electron chi connectivity index (χ3n) is 4.49. The SMILES string of the molecule is O=C(CN1CCCCC1=O)Nc1ccc(F)c(NC(=O)Cc2ccccc2)c1. The van der Waals surface area contributed by atoms with Gasteiger partial charge in [0.15, 0.2) is 0 Å². The molecular weight excluding hydrogens is 361 g/mol. The van der Waals surface area contributed by atoms with Gasteiger partial charge in [0.1, 0.15) is 5.82 Å². The number of carbonyl (C=O) groups excluding carboxylic acids is 3. The van der Waals surface area contributed by atoms with Crippen LogP contribution < -0.4 is 10.6 Å². The van der Waals surface area contributed by atoms with Gasteiger partial charge in [-0.2, -0.15) is 0 Å². The van der Waals surface area contributed by atoms with Crippen molar-refractivity contribution < 1.29 is 18.8 Å². The Morgan fingerprint density at radius 1 is 1.00 bits per heavy atom.